The van der Waals surface area contributed by atoms with Crippen LogP contribution in [0.5, 0.6) is 0 Å². The molecule has 23 heavy (non-hydrogen) atoms. The highest BCUT2D eigenvalue weighted by atomic mass is 16.5. The van der Waals surface area contributed by atoms with Crippen LogP contribution in [0.25, 0.3) is 23.1 Å². The highest BCUT2D eigenvalue weighted by Gasteiger charge is 2.32. The summed E-state index contributed by atoms with van der Waals surface area (Å²) in [6.45, 7) is 1.98. The van der Waals surface area contributed by atoms with Crippen molar-refractivity contribution in [2.45, 2.75) is 25.7 Å². The Balaban J connectivity index is 1.63. The van der Waals surface area contributed by atoms with Gasteiger partial charge in [0.25, 0.3) is 5.89 Å². The van der Waals surface area contributed by atoms with E-state index in [1.807, 2.05) is 38.1 Å². The van der Waals surface area contributed by atoms with Gasteiger partial charge in [-0.15, -0.1) is 0 Å². The molecule has 0 saturated heterocycles. The second kappa shape index (κ2) is 5.19. The van der Waals surface area contributed by atoms with Gasteiger partial charge in [-0.3, -0.25) is 4.98 Å². The molecule has 118 valence electrons. The molecule has 0 unspecified atom stereocenters. The zero-order valence-corrected chi connectivity index (χ0v) is 13.3. The van der Waals surface area contributed by atoms with E-state index in [4.69, 9.17) is 9.05 Å². The van der Waals surface area contributed by atoms with Crippen LogP contribution in [0.3, 0.4) is 0 Å². The lowest BCUT2D eigenvalue weighted by Crippen LogP contribution is -2.08. The van der Waals surface area contributed by atoms with Crippen molar-refractivity contribution < 1.29 is 9.05 Å². The lowest BCUT2D eigenvalue weighted by atomic mass is 10.1. The van der Waals surface area contributed by atoms with Crippen LogP contribution in [-0.4, -0.2) is 34.4 Å². The molecule has 4 rings (SSSR count). The van der Waals surface area contributed by atoms with E-state index in [9.17, 15) is 0 Å². The molecule has 7 heteroatoms. The third kappa shape index (κ3) is 2.48. The summed E-state index contributed by atoms with van der Waals surface area (Å²) in [5, 5.41) is 8.10. The fourth-order valence-corrected chi connectivity index (χ4v) is 2.48. The molecular weight excluding hydrogens is 294 g/mol. The van der Waals surface area contributed by atoms with Crippen molar-refractivity contribution in [3.8, 4) is 23.1 Å². The summed E-state index contributed by atoms with van der Waals surface area (Å²) in [5.41, 5.74) is 3.28. The number of hydrogen-bond donors (Lipinski definition) is 0. The first-order chi connectivity index (χ1) is 11.1. The molecule has 1 fully saturated rings. The van der Waals surface area contributed by atoms with Crippen molar-refractivity contribution >= 4 is 5.69 Å². The minimum atomic E-state index is 0.367. The van der Waals surface area contributed by atoms with Gasteiger partial charge in [-0.25, -0.2) is 0 Å². The lowest BCUT2D eigenvalue weighted by Gasteiger charge is -2.10. The van der Waals surface area contributed by atoms with Crippen LogP contribution in [0.2, 0.25) is 0 Å². The first-order valence-corrected chi connectivity index (χ1v) is 7.57. The van der Waals surface area contributed by atoms with Crippen molar-refractivity contribution in [3.05, 3.63) is 29.7 Å². The number of hydrogen-bond acceptors (Lipinski definition) is 7. The molecule has 3 heterocycles. The first-order valence-electron chi connectivity index (χ1n) is 7.57. The number of pyridine rings is 1. The van der Waals surface area contributed by atoms with E-state index in [1.54, 1.807) is 6.20 Å². The van der Waals surface area contributed by atoms with Gasteiger partial charge in [-0.2, -0.15) is 4.98 Å². The zero-order valence-electron chi connectivity index (χ0n) is 13.3. The van der Waals surface area contributed by atoms with Gasteiger partial charge < -0.3 is 13.9 Å². The Bertz CT molecular complexity index is 831. The fourth-order valence-electron chi connectivity index (χ4n) is 2.48. The van der Waals surface area contributed by atoms with Crippen LogP contribution in [-0.2, 0) is 0 Å². The van der Waals surface area contributed by atoms with E-state index in [-0.39, 0.29) is 0 Å². The van der Waals surface area contributed by atoms with Gasteiger partial charge in [0.2, 0.25) is 5.82 Å². The molecular formula is C16H17N5O2. The molecule has 1 aliphatic carbocycles. The van der Waals surface area contributed by atoms with Crippen LogP contribution in [0.1, 0.15) is 30.1 Å². The predicted octanol–water partition coefficient (Wildman–Crippen LogP) is 3.04. The summed E-state index contributed by atoms with van der Waals surface area (Å²) in [4.78, 5) is 10.8. The Morgan fingerprint density at radius 1 is 1.13 bits per heavy atom. The quantitative estimate of drug-likeness (QED) is 0.732. The van der Waals surface area contributed by atoms with Gasteiger partial charge in [-0.05, 0) is 31.9 Å². The van der Waals surface area contributed by atoms with Crippen LogP contribution >= 0.6 is 0 Å². The summed E-state index contributed by atoms with van der Waals surface area (Å²) in [5.74, 6) is 2.25. The average Bonchev–Trinajstić information content (AvgIpc) is 3.15. The van der Waals surface area contributed by atoms with E-state index in [0.29, 0.717) is 29.0 Å². The van der Waals surface area contributed by atoms with Crippen molar-refractivity contribution in [2.24, 2.45) is 0 Å². The van der Waals surface area contributed by atoms with Crippen LogP contribution in [0.4, 0.5) is 5.69 Å². The van der Waals surface area contributed by atoms with Crippen LogP contribution in [0, 0.1) is 6.92 Å². The third-order valence-electron chi connectivity index (χ3n) is 4.03. The maximum Gasteiger partial charge on any atom is 0.280 e. The topological polar surface area (TPSA) is 81.1 Å². The number of aromatic nitrogens is 4. The predicted molar refractivity (Wildman–Crippen MR) is 84.1 cm³/mol. The van der Waals surface area contributed by atoms with E-state index in [0.717, 1.165) is 29.9 Å². The molecule has 0 spiro atoms. The molecule has 0 amide bonds. The minimum absolute atomic E-state index is 0.367. The lowest BCUT2D eigenvalue weighted by molar-refractivity contribution is 0.379. The van der Waals surface area contributed by atoms with Gasteiger partial charge in [0.1, 0.15) is 11.5 Å². The Morgan fingerprint density at radius 3 is 2.61 bits per heavy atom. The molecule has 0 aromatic carbocycles. The van der Waals surface area contributed by atoms with Gasteiger partial charge in [0.15, 0.2) is 5.69 Å². The molecule has 0 atom stereocenters. The molecule has 0 aliphatic heterocycles. The molecule has 1 aliphatic rings. The molecule has 0 bridgehead atoms. The molecule has 0 N–H and O–H groups in total. The van der Waals surface area contributed by atoms with Crippen molar-refractivity contribution in [2.75, 3.05) is 19.0 Å². The van der Waals surface area contributed by atoms with Gasteiger partial charge in [-0.1, -0.05) is 10.3 Å². The summed E-state index contributed by atoms with van der Waals surface area (Å²) in [7, 11) is 3.93. The summed E-state index contributed by atoms with van der Waals surface area (Å²) in [6, 6.07) is 3.83. The van der Waals surface area contributed by atoms with Gasteiger partial charge in [0, 0.05) is 25.6 Å². The number of rotatable bonds is 4. The molecule has 1 saturated carbocycles. The van der Waals surface area contributed by atoms with Gasteiger partial charge in [0.05, 0.1) is 11.9 Å². The second-order valence-corrected chi connectivity index (χ2v) is 6.01. The first kappa shape index (κ1) is 13.9. The van der Waals surface area contributed by atoms with Crippen molar-refractivity contribution in [1.29, 1.82) is 0 Å². The molecule has 3 aromatic rings. The minimum Gasteiger partial charge on any atom is -0.376 e. The maximum atomic E-state index is 5.43. The van der Waals surface area contributed by atoms with Gasteiger partial charge >= 0.3 is 0 Å². The zero-order chi connectivity index (χ0) is 16.0. The van der Waals surface area contributed by atoms with E-state index < -0.39 is 0 Å². The van der Waals surface area contributed by atoms with E-state index in [1.165, 1.54) is 0 Å². The largest absolute Gasteiger partial charge is 0.376 e. The van der Waals surface area contributed by atoms with E-state index in [2.05, 4.69) is 20.3 Å². The smallest absolute Gasteiger partial charge is 0.280 e. The normalized spacial score (nSPS) is 14.2. The summed E-state index contributed by atoms with van der Waals surface area (Å²) in [6.07, 6.45) is 4.09. The number of anilines is 1. The van der Waals surface area contributed by atoms with Crippen LogP contribution < -0.4 is 4.90 Å². The Morgan fingerprint density at radius 2 is 1.96 bits per heavy atom. The molecule has 3 aromatic heterocycles. The van der Waals surface area contributed by atoms with Crippen LogP contribution in [0.15, 0.2) is 27.4 Å². The van der Waals surface area contributed by atoms with Crippen molar-refractivity contribution in [1.82, 2.24) is 20.3 Å². The molecule has 0 radical (unpaired) electrons. The monoisotopic (exact) mass is 311 g/mol. The summed E-state index contributed by atoms with van der Waals surface area (Å²) < 4.78 is 10.8. The average molecular weight is 311 g/mol. The standard InChI is InChI=1S/C16H17N5O2/c1-9-13(19-22-14(9)10-4-5-10)16-18-15(20-23-16)12-7-6-11(8-17-12)21(2)3/h6-8,10H,4-5H2,1-3H3. The summed E-state index contributed by atoms with van der Waals surface area (Å²) >= 11 is 0. The Kier molecular flexibility index (Phi) is 3.14. The molecule has 7 nitrogen and oxygen atoms in total. The SMILES string of the molecule is Cc1c(-c2nc(-c3ccc(N(C)C)cn3)no2)noc1C1CC1. The van der Waals surface area contributed by atoms with Crippen molar-refractivity contribution in [3.63, 3.8) is 0 Å². The Labute approximate surface area is 133 Å². The second-order valence-electron chi connectivity index (χ2n) is 6.01. The number of nitrogens with zero attached hydrogens (tertiary/aromatic N) is 5. The Hall–Kier alpha value is -2.70. The highest BCUT2D eigenvalue weighted by molar-refractivity contribution is 5.59. The highest BCUT2D eigenvalue weighted by Crippen LogP contribution is 2.43. The maximum absolute atomic E-state index is 5.43. The van der Waals surface area contributed by atoms with E-state index >= 15 is 0 Å². The third-order valence-corrected chi connectivity index (χ3v) is 4.03. The fraction of sp³-hybridized carbons (Fsp3) is 0.375.